The van der Waals surface area contributed by atoms with Crippen molar-refractivity contribution in [2.24, 2.45) is 5.92 Å². The van der Waals surface area contributed by atoms with Crippen molar-refractivity contribution in [1.29, 1.82) is 0 Å². The molecule has 5 heteroatoms. The molecule has 0 aromatic carbocycles. The van der Waals surface area contributed by atoms with Gasteiger partial charge >= 0.3 is 0 Å². The van der Waals surface area contributed by atoms with Crippen LogP contribution in [0.2, 0.25) is 0 Å². The van der Waals surface area contributed by atoms with Gasteiger partial charge in [0.2, 0.25) is 0 Å². The maximum absolute atomic E-state index is 4.39. The Morgan fingerprint density at radius 1 is 1.29 bits per heavy atom. The molecule has 0 unspecified atom stereocenters. The zero-order valence-corrected chi connectivity index (χ0v) is 13.8. The second-order valence-corrected chi connectivity index (χ2v) is 6.55. The molecule has 1 fully saturated rings. The topological polar surface area (TPSA) is 44.3 Å². The first kappa shape index (κ1) is 16.2. The van der Waals surface area contributed by atoms with Crippen molar-refractivity contribution in [2.45, 2.75) is 39.3 Å². The minimum atomic E-state index is 0.584. The number of hydrogen-bond donors (Lipinski definition) is 1. The first-order valence-corrected chi connectivity index (χ1v) is 8.01. The third-order valence-electron chi connectivity index (χ3n) is 4.16. The highest BCUT2D eigenvalue weighted by atomic mass is 15.3. The molecule has 21 heavy (non-hydrogen) atoms. The highest BCUT2D eigenvalue weighted by Gasteiger charge is 2.21. The number of anilines is 1. The van der Waals surface area contributed by atoms with E-state index in [0.29, 0.717) is 12.0 Å². The molecule has 1 aromatic heterocycles. The Morgan fingerprint density at radius 2 is 2.00 bits per heavy atom. The quantitative estimate of drug-likeness (QED) is 0.865. The van der Waals surface area contributed by atoms with Gasteiger partial charge in [0.1, 0.15) is 0 Å². The van der Waals surface area contributed by atoms with Gasteiger partial charge in [-0.25, -0.2) is 0 Å². The van der Waals surface area contributed by atoms with Gasteiger partial charge in [-0.05, 0) is 57.6 Å². The Balaban J connectivity index is 1.86. The standard InChI is InChI=1S/C16H29N5/c1-13(2)11-17-12-14-5-6-16(19-18-14)21(4)15-7-9-20(3)10-8-15/h5-6,13,15,17H,7-12H2,1-4H3. The van der Waals surface area contributed by atoms with Crippen molar-refractivity contribution in [1.82, 2.24) is 20.4 Å². The second kappa shape index (κ2) is 7.71. The molecule has 0 amide bonds. The predicted octanol–water partition coefficient (Wildman–Crippen LogP) is 1.75. The van der Waals surface area contributed by atoms with Crippen LogP contribution in [-0.2, 0) is 6.54 Å². The van der Waals surface area contributed by atoms with E-state index in [9.17, 15) is 0 Å². The lowest BCUT2D eigenvalue weighted by molar-refractivity contribution is 0.252. The van der Waals surface area contributed by atoms with Crippen molar-refractivity contribution in [3.05, 3.63) is 17.8 Å². The lowest BCUT2D eigenvalue weighted by Gasteiger charge is -2.35. The fraction of sp³-hybridized carbons (Fsp3) is 0.750. The highest BCUT2D eigenvalue weighted by Crippen LogP contribution is 2.19. The molecular formula is C16H29N5. The Morgan fingerprint density at radius 3 is 2.57 bits per heavy atom. The summed E-state index contributed by atoms with van der Waals surface area (Å²) in [6.07, 6.45) is 2.40. The highest BCUT2D eigenvalue weighted by molar-refractivity contribution is 5.37. The monoisotopic (exact) mass is 291 g/mol. The van der Waals surface area contributed by atoms with Crippen LogP contribution in [-0.4, -0.2) is 54.9 Å². The summed E-state index contributed by atoms with van der Waals surface area (Å²) in [7, 11) is 4.33. The van der Waals surface area contributed by atoms with Gasteiger partial charge in [-0.2, -0.15) is 5.10 Å². The minimum Gasteiger partial charge on any atom is -0.355 e. The van der Waals surface area contributed by atoms with Crippen molar-refractivity contribution in [3.8, 4) is 0 Å². The van der Waals surface area contributed by atoms with E-state index in [2.05, 4.69) is 65.4 Å². The first-order valence-electron chi connectivity index (χ1n) is 8.01. The third kappa shape index (κ3) is 4.93. The summed E-state index contributed by atoms with van der Waals surface area (Å²) in [6, 6.07) is 4.76. The van der Waals surface area contributed by atoms with Crippen LogP contribution in [0.15, 0.2) is 12.1 Å². The van der Waals surface area contributed by atoms with Crippen LogP contribution in [0, 0.1) is 5.92 Å². The number of nitrogens with one attached hydrogen (secondary N) is 1. The molecule has 2 rings (SSSR count). The summed E-state index contributed by atoms with van der Waals surface area (Å²) in [4.78, 5) is 4.67. The first-order chi connectivity index (χ1) is 10.1. The smallest absolute Gasteiger partial charge is 0.151 e. The molecule has 0 saturated carbocycles. The van der Waals surface area contributed by atoms with Gasteiger partial charge in [-0.1, -0.05) is 13.8 Å². The molecule has 0 spiro atoms. The van der Waals surface area contributed by atoms with E-state index < -0.39 is 0 Å². The molecule has 2 heterocycles. The van der Waals surface area contributed by atoms with E-state index in [0.717, 1.165) is 24.6 Å². The van der Waals surface area contributed by atoms with Gasteiger partial charge in [0.15, 0.2) is 5.82 Å². The second-order valence-electron chi connectivity index (χ2n) is 6.55. The number of likely N-dealkylation sites (tertiary alicyclic amines) is 1. The Bertz CT molecular complexity index is 409. The average molecular weight is 291 g/mol. The van der Waals surface area contributed by atoms with E-state index in [-0.39, 0.29) is 0 Å². The van der Waals surface area contributed by atoms with E-state index in [1.165, 1.54) is 25.9 Å². The maximum Gasteiger partial charge on any atom is 0.151 e. The zero-order valence-electron chi connectivity index (χ0n) is 13.8. The van der Waals surface area contributed by atoms with E-state index in [1.54, 1.807) is 0 Å². The fourth-order valence-electron chi connectivity index (χ4n) is 2.69. The van der Waals surface area contributed by atoms with Gasteiger partial charge in [0.05, 0.1) is 5.69 Å². The Kier molecular flexibility index (Phi) is 5.94. The van der Waals surface area contributed by atoms with Crippen molar-refractivity contribution in [3.63, 3.8) is 0 Å². The summed E-state index contributed by atoms with van der Waals surface area (Å²) >= 11 is 0. The zero-order chi connectivity index (χ0) is 15.2. The SMILES string of the molecule is CC(C)CNCc1ccc(N(C)C2CCN(C)CC2)nn1. The molecule has 0 atom stereocenters. The van der Waals surface area contributed by atoms with Crippen LogP contribution >= 0.6 is 0 Å². The number of rotatable bonds is 6. The molecule has 0 aliphatic carbocycles. The fourth-order valence-corrected chi connectivity index (χ4v) is 2.69. The van der Waals surface area contributed by atoms with Crippen molar-refractivity contribution >= 4 is 5.82 Å². The number of aromatic nitrogens is 2. The number of nitrogens with zero attached hydrogens (tertiary/aromatic N) is 4. The molecule has 1 aromatic rings. The molecule has 1 aliphatic rings. The third-order valence-corrected chi connectivity index (χ3v) is 4.16. The molecule has 1 aliphatic heterocycles. The molecule has 118 valence electrons. The van der Waals surface area contributed by atoms with Crippen LogP contribution in [0.3, 0.4) is 0 Å². The largest absolute Gasteiger partial charge is 0.355 e. The summed E-state index contributed by atoms with van der Waals surface area (Å²) < 4.78 is 0. The van der Waals surface area contributed by atoms with Crippen LogP contribution in [0.25, 0.3) is 0 Å². The summed E-state index contributed by atoms with van der Waals surface area (Å²) in [5.74, 6) is 1.64. The normalized spacial score (nSPS) is 17.4. The molecule has 1 N–H and O–H groups in total. The van der Waals surface area contributed by atoms with Gasteiger partial charge < -0.3 is 15.1 Å². The maximum atomic E-state index is 4.39. The lowest BCUT2D eigenvalue weighted by atomic mass is 10.0. The van der Waals surface area contributed by atoms with Gasteiger partial charge in [-0.3, -0.25) is 0 Å². The van der Waals surface area contributed by atoms with Crippen molar-refractivity contribution < 1.29 is 0 Å². The Hall–Kier alpha value is -1.20. The lowest BCUT2D eigenvalue weighted by Crippen LogP contribution is -2.42. The number of hydrogen-bond acceptors (Lipinski definition) is 5. The van der Waals surface area contributed by atoms with Crippen LogP contribution in [0.1, 0.15) is 32.4 Å². The van der Waals surface area contributed by atoms with Crippen LogP contribution in [0.4, 0.5) is 5.82 Å². The summed E-state index contributed by atoms with van der Waals surface area (Å²) in [5, 5.41) is 12.1. The summed E-state index contributed by atoms with van der Waals surface area (Å²) in [6.45, 7) is 8.55. The van der Waals surface area contributed by atoms with E-state index in [4.69, 9.17) is 0 Å². The average Bonchev–Trinajstić information content (AvgIpc) is 2.48. The van der Waals surface area contributed by atoms with Gasteiger partial charge in [0.25, 0.3) is 0 Å². The molecule has 0 radical (unpaired) electrons. The van der Waals surface area contributed by atoms with Crippen molar-refractivity contribution in [2.75, 3.05) is 38.6 Å². The van der Waals surface area contributed by atoms with Crippen LogP contribution < -0.4 is 10.2 Å². The molecule has 1 saturated heterocycles. The van der Waals surface area contributed by atoms with E-state index >= 15 is 0 Å². The molecular weight excluding hydrogens is 262 g/mol. The molecule has 5 nitrogen and oxygen atoms in total. The van der Waals surface area contributed by atoms with Gasteiger partial charge in [-0.15, -0.1) is 5.10 Å². The minimum absolute atomic E-state index is 0.584. The van der Waals surface area contributed by atoms with Gasteiger partial charge in [0, 0.05) is 19.6 Å². The summed E-state index contributed by atoms with van der Waals surface area (Å²) in [5.41, 5.74) is 1.01. The Labute approximate surface area is 128 Å². The van der Waals surface area contributed by atoms with E-state index in [1.807, 2.05) is 0 Å². The number of piperidine rings is 1. The van der Waals surface area contributed by atoms with Crippen LogP contribution in [0.5, 0.6) is 0 Å². The predicted molar refractivity (Wildman–Crippen MR) is 87.5 cm³/mol. The molecule has 0 bridgehead atoms.